The van der Waals surface area contributed by atoms with Crippen LogP contribution in [0.4, 0.5) is 0 Å². The fraction of sp³-hybridized carbons (Fsp3) is 0.148. The molecule has 5 aromatic rings. The number of amides is 1. The third kappa shape index (κ3) is 5.18. The molecule has 11 heteroatoms. The van der Waals surface area contributed by atoms with Crippen molar-refractivity contribution in [3.8, 4) is 22.5 Å². The Labute approximate surface area is 221 Å². The molecule has 0 saturated heterocycles. The van der Waals surface area contributed by atoms with Gasteiger partial charge in [0.05, 0.1) is 17.7 Å². The van der Waals surface area contributed by atoms with Crippen LogP contribution in [0.5, 0.6) is 0 Å². The van der Waals surface area contributed by atoms with Crippen LogP contribution in [0.25, 0.3) is 22.5 Å². The zero-order chi connectivity index (χ0) is 26.6. The van der Waals surface area contributed by atoms with E-state index in [2.05, 4.69) is 30.7 Å². The summed E-state index contributed by atoms with van der Waals surface area (Å²) in [6.07, 6.45) is 0. The number of aromatic amines is 1. The molecule has 0 spiro atoms. The van der Waals surface area contributed by atoms with E-state index in [1.807, 2.05) is 62.4 Å². The Balaban J connectivity index is 1.47. The highest BCUT2D eigenvalue weighted by atomic mass is 32.1. The Morgan fingerprint density at radius 3 is 2.32 bits per heavy atom. The number of benzene rings is 3. The first-order valence-electron chi connectivity index (χ1n) is 11.8. The number of hydrogen-bond acceptors (Lipinski definition) is 7. The molecule has 5 rings (SSSR count). The number of carboxylic acid groups (broad SMARTS) is 1. The molecule has 0 radical (unpaired) electrons. The fourth-order valence-electron chi connectivity index (χ4n) is 3.92. The molecule has 0 aliphatic carbocycles. The molecule has 0 unspecified atom stereocenters. The van der Waals surface area contributed by atoms with Crippen molar-refractivity contribution in [1.82, 2.24) is 30.4 Å². The summed E-state index contributed by atoms with van der Waals surface area (Å²) in [6, 6.07) is 21.9. The number of carboxylic acids is 1. The Hall–Kier alpha value is -4.77. The van der Waals surface area contributed by atoms with Gasteiger partial charge in [0, 0.05) is 11.5 Å². The lowest BCUT2D eigenvalue weighted by atomic mass is 9.98. The van der Waals surface area contributed by atoms with Gasteiger partial charge in [0.1, 0.15) is 5.01 Å². The second-order valence-electron chi connectivity index (χ2n) is 8.78. The quantitative estimate of drug-likeness (QED) is 0.321. The van der Waals surface area contributed by atoms with Crippen LogP contribution in [0.2, 0.25) is 0 Å². The molecule has 10 nitrogen and oxygen atoms in total. The van der Waals surface area contributed by atoms with Crippen LogP contribution < -0.4 is 4.80 Å². The van der Waals surface area contributed by atoms with Crippen molar-refractivity contribution in [1.29, 1.82) is 0 Å². The largest absolute Gasteiger partial charge is 0.478 e. The van der Waals surface area contributed by atoms with E-state index in [0.717, 1.165) is 27.3 Å². The lowest BCUT2D eigenvalue weighted by molar-refractivity contribution is 0.0692. The SMILES string of the molecule is CC(C)c1nn(Cc2ccc(-c3ccccc3-c3nn[nH]n3)cc2)c(=NC(=O)c2ccccc2C(=O)O)s1. The summed E-state index contributed by atoms with van der Waals surface area (Å²) in [6.45, 7) is 4.43. The van der Waals surface area contributed by atoms with Crippen LogP contribution in [-0.4, -0.2) is 47.4 Å². The van der Waals surface area contributed by atoms with Gasteiger partial charge in [-0.15, -0.1) is 10.2 Å². The number of rotatable bonds is 7. The molecule has 2 heterocycles. The molecule has 0 aliphatic heterocycles. The number of hydrogen-bond donors (Lipinski definition) is 2. The second kappa shape index (κ2) is 10.7. The van der Waals surface area contributed by atoms with Gasteiger partial charge in [0.15, 0.2) is 0 Å². The summed E-state index contributed by atoms with van der Waals surface area (Å²) in [5, 5.41) is 29.3. The predicted molar refractivity (Wildman–Crippen MR) is 142 cm³/mol. The van der Waals surface area contributed by atoms with E-state index in [1.165, 1.54) is 23.5 Å². The Kier molecular flexibility index (Phi) is 7.00. The van der Waals surface area contributed by atoms with Gasteiger partial charge in [-0.25, -0.2) is 9.48 Å². The molecule has 190 valence electrons. The summed E-state index contributed by atoms with van der Waals surface area (Å²) in [5.41, 5.74) is 3.75. The number of H-pyrrole nitrogens is 1. The summed E-state index contributed by atoms with van der Waals surface area (Å²) in [5.74, 6) is -1.14. The maximum absolute atomic E-state index is 13.0. The average Bonchev–Trinajstić information content (AvgIpc) is 3.60. The Morgan fingerprint density at radius 2 is 1.66 bits per heavy atom. The molecule has 38 heavy (non-hydrogen) atoms. The van der Waals surface area contributed by atoms with E-state index >= 15 is 0 Å². The number of tetrazole rings is 1. The minimum absolute atomic E-state index is 0.0377. The zero-order valence-corrected chi connectivity index (χ0v) is 21.4. The summed E-state index contributed by atoms with van der Waals surface area (Å²) < 4.78 is 1.68. The lowest BCUT2D eigenvalue weighted by Gasteiger charge is -2.08. The Morgan fingerprint density at radius 1 is 0.974 bits per heavy atom. The molecule has 2 N–H and O–H groups in total. The first-order valence-corrected chi connectivity index (χ1v) is 12.6. The van der Waals surface area contributed by atoms with Crippen molar-refractivity contribution < 1.29 is 14.7 Å². The van der Waals surface area contributed by atoms with E-state index in [0.29, 0.717) is 17.2 Å². The molecule has 0 atom stereocenters. The maximum Gasteiger partial charge on any atom is 0.336 e. The topological polar surface area (TPSA) is 139 Å². The van der Waals surface area contributed by atoms with Gasteiger partial charge in [-0.3, -0.25) is 4.79 Å². The van der Waals surface area contributed by atoms with Crippen LogP contribution >= 0.6 is 11.3 Å². The minimum Gasteiger partial charge on any atom is -0.478 e. The van der Waals surface area contributed by atoms with Crippen molar-refractivity contribution in [2.45, 2.75) is 26.3 Å². The van der Waals surface area contributed by atoms with Gasteiger partial charge < -0.3 is 5.11 Å². The van der Waals surface area contributed by atoms with Crippen molar-refractivity contribution >= 4 is 23.2 Å². The highest BCUT2D eigenvalue weighted by molar-refractivity contribution is 7.09. The average molecular weight is 526 g/mol. The number of aromatic nitrogens is 6. The van der Waals surface area contributed by atoms with E-state index < -0.39 is 11.9 Å². The zero-order valence-electron chi connectivity index (χ0n) is 20.6. The third-order valence-corrected chi connectivity index (χ3v) is 7.07. The van der Waals surface area contributed by atoms with Crippen molar-refractivity contribution in [2.24, 2.45) is 4.99 Å². The summed E-state index contributed by atoms with van der Waals surface area (Å²) in [4.78, 5) is 29.2. The smallest absolute Gasteiger partial charge is 0.336 e. The van der Waals surface area contributed by atoms with Gasteiger partial charge in [0.2, 0.25) is 10.6 Å². The van der Waals surface area contributed by atoms with E-state index in [9.17, 15) is 14.7 Å². The number of carbonyl (C=O) groups excluding carboxylic acids is 1. The number of carbonyl (C=O) groups is 2. The van der Waals surface area contributed by atoms with Gasteiger partial charge in [-0.2, -0.15) is 15.3 Å². The standard InChI is InChI=1S/C27H23N7O3S/c1-16(2)25-31-34(27(38-25)28-24(35)21-9-5-6-10-22(21)26(36)37)15-17-11-13-18(14-12-17)19-7-3-4-8-20(19)23-29-32-33-30-23/h3-14,16H,15H2,1-2H3,(H,36,37)(H,29,30,32,33). The normalized spacial score (nSPS) is 11.7. The Bertz CT molecular complexity index is 1670. The number of nitrogens with one attached hydrogen (secondary N) is 1. The highest BCUT2D eigenvalue weighted by Crippen LogP contribution is 2.29. The number of nitrogens with zero attached hydrogens (tertiary/aromatic N) is 6. The summed E-state index contributed by atoms with van der Waals surface area (Å²) >= 11 is 1.32. The van der Waals surface area contributed by atoms with Crippen LogP contribution in [0, 0.1) is 0 Å². The van der Waals surface area contributed by atoms with Gasteiger partial charge in [-0.05, 0) is 34.0 Å². The summed E-state index contributed by atoms with van der Waals surface area (Å²) in [7, 11) is 0. The fourth-order valence-corrected chi connectivity index (χ4v) is 4.82. The van der Waals surface area contributed by atoms with Gasteiger partial charge in [0.25, 0.3) is 5.91 Å². The molecule has 0 saturated carbocycles. The monoisotopic (exact) mass is 525 g/mol. The predicted octanol–water partition coefficient (Wildman–Crippen LogP) is 4.40. The molecule has 0 aliphatic rings. The third-order valence-electron chi connectivity index (χ3n) is 5.83. The first-order chi connectivity index (χ1) is 18.4. The van der Waals surface area contributed by atoms with Gasteiger partial charge in [-0.1, -0.05) is 85.8 Å². The highest BCUT2D eigenvalue weighted by Gasteiger charge is 2.17. The van der Waals surface area contributed by atoms with E-state index in [-0.39, 0.29) is 17.0 Å². The molecule has 0 fully saturated rings. The molecule has 2 aromatic heterocycles. The minimum atomic E-state index is -1.18. The van der Waals surface area contributed by atoms with Crippen LogP contribution in [0.1, 0.15) is 51.1 Å². The molecule has 0 bridgehead atoms. The van der Waals surface area contributed by atoms with E-state index in [1.54, 1.807) is 16.8 Å². The van der Waals surface area contributed by atoms with Crippen molar-refractivity contribution in [3.63, 3.8) is 0 Å². The van der Waals surface area contributed by atoms with Crippen LogP contribution in [0.3, 0.4) is 0 Å². The van der Waals surface area contributed by atoms with Crippen molar-refractivity contribution in [2.75, 3.05) is 0 Å². The van der Waals surface area contributed by atoms with Crippen LogP contribution in [0.15, 0.2) is 77.8 Å². The van der Waals surface area contributed by atoms with Crippen molar-refractivity contribution in [3.05, 3.63) is 99.3 Å². The molecule has 3 aromatic carbocycles. The molecular formula is C27H23N7O3S. The lowest BCUT2D eigenvalue weighted by Crippen LogP contribution is -2.20. The maximum atomic E-state index is 13.0. The number of aromatic carboxylic acids is 1. The van der Waals surface area contributed by atoms with Gasteiger partial charge >= 0.3 is 5.97 Å². The van der Waals surface area contributed by atoms with E-state index in [4.69, 9.17) is 0 Å². The molecule has 1 amide bonds. The second-order valence-corrected chi connectivity index (χ2v) is 9.77. The van der Waals surface area contributed by atoms with Crippen LogP contribution in [-0.2, 0) is 6.54 Å². The first kappa shape index (κ1) is 24.9. The molecular weight excluding hydrogens is 502 g/mol.